The highest BCUT2D eigenvalue weighted by Gasteiger charge is 2.35. The van der Waals surface area contributed by atoms with E-state index in [4.69, 9.17) is 4.74 Å². The number of imide groups is 1. The number of hydrogen-bond donors (Lipinski definition) is 1. The number of carbonyl (C=O) groups is 3. The first-order valence-corrected chi connectivity index (χ1v) is 13.2. The fourth-order valence-electron chi connectivity index (χ4n) is 4.81. The van der Waals surface area contributed by atoms with Crippen molar-refractivity contribution in [3.63, 3.8) is 0 Å². The zero-order valence-electron chi connectivity index (χ0n) is 20.5. The normalized spacial score (nSPS) is 18.9. The van der Waals surface area contributed by atoms with Gasteiger partial charge in [-0.2, -0.15) is 0 Å². The Balaban J connectivity index is 1.41. The maximum atomic E-state index is 14.1. The van der Waals surface area contributed by atoms with Crippen molar-refractivity contribution >= 4 is 45.8 Å². The average Bonchev–Trinajstić information content (AvgIpc) is 3.60. The quantitative estimate of drug-likeness (QED) is 0.428. The Morgan fingerprint density at radius 3 is 2.76 bits per heavy atom. The van der Waals surface area contributed by atoms with E-state index in [2.05, 4.69) is 12.2 Å². The molecule has 0 bridgehead atoms. The van der Waals surface area contributed by atoms with Crippen molar-refractivity contribution in [2.75, 3.05) is 13.2 Å². The molecule has 0 radical (unpaired) electrons. The molecule has 0 saturated carbocycles. The van der Waals surface area contributed by atoms with E-state index >= 15 is 0 Å². The van der Waals surface area contributed by atoms with Gasteiger partial charge < -0.3 is 14.6 Å². The molecular weight excluding hydrogens is 493 g/mol. The first-order chi connectivity index (χ1) is 17.9. The van der Waals surface area contributed by atoms with Crippen LogP contribution in [-0.2, 0) is 33.8 Å². The molecule has 2 aliphatic heterocycles. The zero-order chi connectivity index (χ0) is 25.9. The summed E-state index contributed by atoms with van der Waals surface area (Å²) < 4.78 is 21.6. The van der Waals surface area contributed by atoms with Gasteiger partial charge in [-0.15, -0.1) is 0 Å². The van der Waals surface area contributed by atoms with Gasteiger partial charge in [0.15, 0.2) is 0 Å². The van der Waals surface area contributed by atoms with Crippen LogP contribution in [0.15, 0.2) is 53.6 Å². The SMILES string of the molecule is CCc1cccc2c(/C=C3\SC(=O)N(Cc4ccccc4F)C3=O)cn(CC(=O)NC[C@H]3CCCO3)c12. The third-order valence-electron chi connectivity index (χ3n) is 6.70. The van der Waals surface area contributed by atoms with Gasteiger partial charge in [0.1, 0.15) is 12.4 Å². The molecule has 1 aromatic heterocycles. The Labute approximate surface area is 218 Å². The summed E-state index contributed by atoms with van der Waals surface area (Å²) in [5.74, 6) is -1.03. The number of halogens is 1. The number of rotatable bonds is 8. The summed E-state index contributed by atoms with van der Waals surface area (Å²) in [6, 6.07) is 12.0. The van der Waals surface area contributed by atoms with Gasteiger partial charge in [0.05, 0.1) is 23.1 Å². The lowest BCUT2D eigenvalue weighted by Crippen LogP contribution is -2.34. The molecule has 5 rings (SSSR count). The molecule has 0 unspecified atom stereocenters. The van der Waals surface area contributed by atoms with Crippen LogP contribution < -0.4 is 5.32 Å². The smallest absolute Gasteiger partial charge is 0.293 e. The van der Waals surface area contributed by atoms with E-state index in [1.807, 2.05) is 29.0 Å². The van der Waals surface area contributed by atoms with Crippen LogP contribution in [0.25, 0.3) is 17.0 Å². The number of nitrogens with one attached hydrogen (secondary N) is 1. The highest BCUT2D eigenvalue weighted by molar-refractivity contribution is 8.18. The van der Waals surface area contributed by atoms with E-state index in [9.17, 15) is 18.8 Å². The number of fused-ring (bicyclic) bond motifs is 1. The van der Waals surface area contributed by atoms with Crippen molar-refractivity contribution in [1.29, 1.82) is 0 Å². The Kier molecular flexibility index (Phi) is 7.43. The molecule has 1 atom stereocenters. The maximum absolute atomic E-state index is 14.1. The first kappa shape index (κ1) is 25.2. The van der Waals surface area contributed by atoms with Crippen molar-refractivity contribution < 1.29 is 23.5 Å². The highest BCUT2D eigenvalue weighted by Crippen LogP contribution is 2.36. The number of aromatic nitrogens is 1. The van der Waals surface area contributed by atoms with Crippen LogP contribution >= 0.6 is 11.8 Å². The molecule has 3 aromatic rings. The number of amides is 3. The van der Waals surface area contributed by atoms with Crippen LogP contribution in [0.2, 0.25) is 0 Å². The average molecular weight is 522 g/mol. The lowest BCUT2D eigenvalue weighted by molar-refractivity contribution is -0.123. The molecule has 7 nitrogen and oxygen atoms in total. The fraction of sp³-hybridized carbons (Fsp3) is 0.321. The first-order valence-electron chi connectivity index (χ1n) is 12.4. The predicted molar refractivity (Wildman–Crippen MR) is 141 cm³/mol. The van der Waals surface area contributed by atoms with Crippen LogP contribution in [0.4, 0.5) is 9.18 Å². The van der Waals surface area contributed by atoms with Gasteiger partial charge in [-0.25, -0.2) is 4.39 Å². The van der Waals surface area contributed by atoms with Crippen molar-refractivity contribution in [2.45, 2.75) is 45.4 Å². The fourth-order valence-corrected chi connectivity index (χ4v) is 5.64. The van der Waals surface area contributed by atoms with Crippen LogP contribution in [0.3, 0.4) is 0 Å². The molecule has 2 saturated heterocycles. The monoisotopic (exact) mass is 521 g/mol. The zero-order valence-corrected chi connectivity index (χ0v) is 21.4. The van der Waals surface area contributed by atoms with E-state index in [0.29, 0.717) is 6.54 Å². The lowest BCUT2D eigenvalue weighted by atomic mass is 10.1. The molecule has 2 aromatic carbocycles. The number of ether oxygens (including phenoxy) is 1. The molecule has 9 heteroatoms. The van der Waals surface area contributed by atoms with Crippen LogP contribution in [0, 0.1) is 5.82 Å². The Morgan fingerprint density at radius 2 is 2.00 bits per heavy atom. The molecule has 3 amide bonds. The molecule has 2 fully saturated rings. The summed E-state index contributed by atoms with van der Waals surface area (Å²) in [6.45, 7) is 3.28. The molecule has 3 heterocycles. The second-order valence-corrected chi connectivity index (χ2v) is 10.2. The third kappa shape index (κ3) is 5.33. The summed E-state index contributed by atoms with van der Waals surface area (Å²) in [4.78, 5) is 39.8. The minimum absolute atomic E-state index is 0.0621. The largest absolute Gasteiger partial charge is 0.376 e. The second kappa shape index (κ2) is 10.9. The van der Waals surface area contributed by atoms with E-state index in [1.165, 1.54) is 6.07 Å². The second-order valence-electron chi connectivity index (χ2n) is 9.18. The highest BCUT2D eigenvalue weighted by atomic mass is 32.2. The molecule has 37 heavy (non-hydrogen) atoms. The van der Waals surface area contributed by atoms with Crippen LogP contribution in [0.5, 0.6) is 0 Å². The topological polar surface area (TPSA) is 80.6 Å². The lowest BCUT2D eigenvalue weighted by Gasteiger charge is -2.12. The summed E-state index contributed by atoms with van der Waals surface area (Å²) in [6.07, 6.45) is 6.33. The number of hydrogen-bond acceptors (Lipinski definition) is 5. The van der Waals surface area contributed by atoms with Crippen molar-refractivity contribution in [2.24, 2.45) is 0 Å². The summed E-state index contributed by atoms with van der Waals surface area (Å²) in [5.41, 5.74) is 3.03. The van der Waals surface area contributed by atoms with Gasteiger partial charge in [0, 0.05) is 35.9 Å². The van der Waals surface area contributed by atoms with E-state index in [1.54, 1.807) is 24.3 Å². The Morgan fingerprint density at radius 1 is 1.19 bits per heavy atom. The molecule has 2 aliphatic rings. The van der Waals surface area contributed by atoms with Gasteiger partial charge in [-0.3, -0.25) is 19.3 Å². The van der Waals surface area contributed by atoms with E-state index in [0.717, 1.165) is 64.6 Å². The number of aryl methyl sites for hydroxylation is 1. The molecular formula is C28H28FN3O4S. The number of para-hydroxylation sites is 1. The molecule has 192 valence electrons. The Bertz CT molecular complexity index is 1390. The van der Waals surface area contributed by atoms with Crippen molar-refractivity contribution in [3.05, 3.63) is 76.1 Å². The minimum Gasteiger partial charge on any atom is -0.376 e. The third-order valence-corrected chi connectivity index (χ3v) is 7.61. The molecule has 1 N–H and O–H groups in total. The van der Waals surface area contributed by atoms with Gasteiger partial charge >= 0.3 is 0 Å². The van der Waals surface area contributed by atoms with Crippen LogP contribution in [-0.4, -0.2) is 45.8 Å². The Hall–Kier alpha value is -3.43. The number of benzene rings is 2. The number of thioether (sulfide) groups is 1. The standard InChI is InChI=1S/C28H28FN3O4S/c1-2-18-8-5-10-22-20(15-31(26(18)22)17-25(33)30-14-21-9-6-12-36-21)13-24-27(34)32(28(35)37-24)16-19-7-3-4-11-23(19)29/h3-5,7-8,10-11,13,15,21H,2,6,9,12,14,16-17H2,1H3,(H,30,33)/b24-13-/t21-/m1/s1. The van der Waals surface area contributed by atoms with Gasteiger partial charge in [-0.05, 0) is 48.7 Å². The van der Waals surface area contributed by atoms with E-state index in [-0.39, 0.29) is 35.6 Å². The predicted octanol–water partition coefficient (Wildman–Crippen LogP) is 4.87. The summed E-state index contributed by atoms with van der Waals surface area (Å²) in [5, 5.41) is 3.42. The summed E-state index contributed by atoms with van der Waals surface area (Å²) in [7, 11) is 0. The minimum atomic E-state index is -0.460. The maximum Gasteiger partial charge on any atom is 0.293 e. The van der Waals surface area contributed by atoms with Gasteiger partial charge in [-0.1, -0.05) is 43.3 Å². The van der Waals surface area contributed by atoms with Gasteiger partial charge in [0.25, 0.3) is 11.1 Å². The van der Waals surface area contributed by atoms with Crippen molar-refractivity contribution in [1.82, 2.24) is 14.8 Å². The molecule has 0 aliphatic carbocycles. The molecule has 0 spiro atoms. The van der Waals surface area contributed by atoms with Gasteiger partial charge in [0.2, 0.25) is 5.91 Å². The van der Waals surface area contributed by atoms with Crippen molar-refractivity contribution in [3.8, 4) is 0 Å². The van der Waals surface area contributed by atoms with Crippen LogP contribution in [0.1, 0.15) is 36.5 Å². The number of nitrogens with zero attached hydrogens (tertiary/aromatic N) is 2. The number of carbonyl (C=O) groups excluding carboxylic acids is 3. The van der Waals surface area contributed by atoms with E-state index < -0.39 is 17.0 Å². The summed E-state index contributed by atoms with van der Waals surface area (Å²) >= 11 is 0.839.